The fourth-order valence-corrected chi connectivity index (χ4v) is 11.2. The van der Waals surface area contributed by atoms with Crippen molar-refractivity contribution in [2.45, 2.75) is 77.0 Å². The van der Waals surface area contributed by atoms with Gasteiger partial charge in [-0.25, -0.2) is 0 Å². The number of fused-ring (bicyclic) bond motifs is 11. The van der Waals surface area contributed by atoms with Gasteiger partial charge >= 0.3 is 0 Å². The van der Waals surface area contributed by atoms with Gasteiger partial charge in [0.05, 0.1) is 0 Å². The van der Waals surface area contributed by atoms with Gasteiger partial charge in [0, 0.05) is 22.2 Å². The van der Waals surface area contributed by atoms with Crippen molar-refractivity contribution < 1.29 is 0 Å². The van der Waals surface area contributed by atoms with Crippen molar-refractivity contribution >= 4 is 10.8 Å². The quantitative estimate of drug-likeness (QED) is 0.165. The number of aryl methyl sites for hydroxylation is 1. The minimum Gasteiger partial charge on any atom is -0.0622 e. The summed E-state index contributed by atoms with van der Waals surface area (Å²) in [5.41, 5.74) is 24.7. The number of hydrogen-bond acceptors (Lipinski definition) is 0. The molecule has 11 rings (SSSR count). The van der Waals surface area contributed by atoms with Crippen molar-refractivity contribution in [2.24, 2.45) is 0 Å². The second kappa shape index (κ2) is 12.3. The van der Waals surface area contributed by atoms with Crippen LogP contribution in [0.4, 0.5) is 0 Å². The highest BCUT2D eigenvalue weighted by Gasteiger charge is 2.43. The normalized spacial score (nSPS) is 16.3. The van der Waals surface area contributed by atoms with Crippen molar-refractivity contribution in [1.29, 1.82) is 0 Å². The summed E-state index contributed by atoms with van der Waals surface area (Å²) in [7, 11) is 0. The largest absolute Gasteiger partial charge is 0.0622 e. The maximum absolute atomic E-state index is 2.58. The predicted octanol–water partition coefficient (Wildman–Crippen LogP) is 15.1. The molecule has 0 fully saturated rings. The molecule has 0 amide bonds. The molecule has 282 valence electrons. The molecule has 0 nitrogen and oxygen atoms in total. The van der Waals surface area contributed by atoms with Crippen LogP contribution in [0.1, 0.15) is 103 Å². The maximum Gasteiger partial charge on any atom is 0.0159 e. The molecule has 0 N–H and O–H groups in total. The van der Waals surface area contributed by atoms with Gasteiger partial charge in [-0.15, -0.1) is 0 Å². The Hall–Kier alpha value is -5.98. The molecule has 1 atom stereocenters. The van der Waals surface area contributed by atoms with Crippen LogP contribution in [0.2, 0.25) is 0 Å². The molecule has 3 aliphatic rings. The molecular formula is C58H50. The second-order valence-corrected chi connectivity index (χ2v) is 19.0. The number of benzene rings is 8. The van der Waals surface area contributed by atoms with Gasteiger partial charge in [0.1, 0.15) is 0 Å². The third kappa shape index (κ3) is 4.94. The van der Waals surface area contributed by atoms with E-state index in [0.717, 1.165) is 6.42 Å². The Morgan fingerprint density at radius 1 is 0.379 bits per heavy atom. The van der Waals surface area contributed by atoms with Gasteiger partial charge in [0.15, 0.2) is 0 Å². The molecule has 8 aromatic carbocycles. The molecule has 0 radical (unpaired) electrons. The molecule has 1 unspecified atom stereocenters. The standard InChI is InChI=1S/C58H50/c1-35-21-23-36(24-22-35)29-45(38-25-27-42-41-18-13-14-20-49(41)56(2,3)50(42)30-38)39-26-28-43-47-33-53-48(34-52(47)57(4,5)51(43)31-39)55-44-19-12-11-17-40(44)46(32-54(55)58(53,6)7)37-15-9-8-10-16-37/h8-28,30-34,45H,29H2,1-7H3. The van der Waals surface area contributed by atoms with Gasteiger partial charge in [-0.05, 0) is 137 Å². The van der Waals surface area contributed by atoms with Crippen LogP contribution in [0.25, 0.3) is 55.3 Å². The minimum atomic E-state index is -0.154. The Morgan fingerprint density at radius 3 is 1.59 bits per heavy atom. The Bertz CT molecular complexity index is 2990. The molecule has 0 saturated heterocycles. The zero-order valence-electron chi connectivity index (χ0n) is 34.8. The lowest BCUT2D eigenvalue weighted by Gasteiger charge is -2.26. The first-order valence-corrected chi connectivity index (χ1v) is 21.2. The van der Waals surface area contributed by atoms with Crippen molar-refractivity contribution in [1.82, 2.24) is 0 Å². The lowest BCUT2D eigenvalue weighted by molar-refractivity contribution is 0.650. The van der Waals surface area contributed by atoms with Gasteiger partial charge in [-0.1, -0.05) is 187 Å². The van der Waals surface area contributed by atoms with Gasteiger partial charge in [-0.3, -0.25) is 0 Å². The molecule has 0 spiro atoms. The Morgan fingerprint density at radius 2 is 0.879 bits per heavy atom. The van der Waals surface area contributed by atoms with E-state index < -0.39 is 0 Å². The van der Waals surface area contributed by atoms with Gasteiger partial charge in [-0.2, -0.15) is 0 Å². The van der Waals surface area contributed by atoms with Gasteiger partial charge in [0.25, 0.3) is 0 Å². The Labute approximate surface area is 344 Å². The lowest BCUT2D eigenvalue weighted by Crippen LogP contribution is -2.17. The SMILES string of the molecule is Cc1ccc(CC(c2ccc3c(c2)C(C)(C)c2ccccc2-3)c2ccc3c(c2)C(C)(C)c2cc4c(cc2-3)C(C)(C)c2cc(-c3ccccc3)c3ccccc3c2-4)cc1. The van der Waals surface area contributed by atoms with Crippen molar-refractivity contribution in [3.8, 4) is 44.5 Å². The van der Waals surface area contributed by atoms with Crippen molar-refractivity contribution in [2.75, 3.05) is 0 Å². The fourth-order valence-electron chi connectivity index (χ4n) is 11.2. The summed E-state index contributed by atoms with van der Waals surface area (Å²) in [6.45, 7) is 16.8. The van der Waals surface area contributed by atoms with Crippen LogP contribution in [-0.4, -0.2) is 0 Å². The van der Waals surface area contributed by atoms with Crippen molar-refractivity contribution in [3.05, 3.63) is 213 Å². The summed E-state index contributed by atoms with van der Waals surface area (Å²) >= 11 is 0. The van der Waals surface area contributed by atoms with E-state index in [2.05, 4.69) is 206 Å². The third-order valence-electron chi connectivity index (χ3n) is 14.6. The summed E-state index contributed by atoms with van der Waals surface area (Å²) in [5, 5.41) is 2.67. The van der Waals surface area contributed by atoms with E-state index in [-0.39, 0.29) is 22.2 Å². The molecule has 0 bridgehead atoms. The zero-order chi connectivity index (χ0) is 39.7. The fraction of sp³-hybridized carbons (Fsp3) is 0.207. The minimum absolute atomic E-state index is 0.0425. The molecule has 0 heteroatoms. The molecule has 8 aromatic rings. The van der Waals surface area contributed by atoms with Crippen LogP contribution in [0.15, 0.2) is 158 Å². The van der Waals surface area contributed by atoms with Gasteiger partial charge < -0.3 is 0 Å². The van der Waals surface area contributed by atoms with Crippen LogP contribution in [0.5, 0.6) is 0 Å². The monoisotopic (exact) mass is 746 g/mol. The van der Waals surface area contributed by atoms with E-state index in [1.54, 1.807) is 0 Å². The van der Waals surface area contributed by atoms with Crippen molar-refractivity contribution in [3.63, 3.8) is 0 Å². The van der Waals surface area contributed by atoms with E-state index in [1.807, 2.05) is 0 Å². The summed E-state index contributed by atoms with van der Waals surface area (Å²) in [6, 6.07) is 60.7. The Balaban J connectivity index is 1.05. The molecule has 3 aliphatic carbocycles. The average molecular weight is 747 g/mol. The smallest absolute Gasteiger partial charge is 0.0159 e. The summed E-state index contributed by atoms with van der Waals surface area (Å²) in [5.74, 6) is 0.221. The van der Waals surface area contributed by atoms with E-state index in [4.69, 9.17) is 0 Å². The number of hydrogen-bond donors (Lipinski definition) is 0. The summed E-state index contributed by atoms with van der Waals surface area (Å²) in [4.78, 5) is 0. The highest BCUT2D eigenvalue weighted by Crippen LogP contribution is 2.59. The summed E-state index contributed by atoms with van der Waals surface area (Å²) < 4.78 is 0. The highest BCUT2D eigenvalue weighted by molar-refractivity contribution is 6.09. The van der Waals surface area contributed by atoms with Gasteiger partial charge in [0.2, 0.25) is 0 Å². The molecule has 0 saturated carbocycles. The first kappa shape index (κ1) is 35.2. The molecular weight excluding hydrogens is 697 g/mol. The van der Waals surface area contributed by atoms with E-state index >= 15 is 0 Å². The van der Waals surface area contributed by atoms with Crippen LogP contribution < -0.4 is 0 Å². The first-order valence-electron chi connectivity index (χ1n) is 21.2. The topological polar surface area (TPSA) is 0 Å². The van der Waals surface area contributed by atoms with E-state index in [1.165, 1.54) is 111 Å². The van der Waals surface area contributed by atoms with Crippen LogP contribution in [0, 0.1) is 6.92 Å². The second-order valence-electron chi connectivity index (χ2n) is 19.0. The van der Waals surface area contributed by atoms with E-state index in [9.17, 15) is 0 Å². The average Bonchev–Trinajstić information content (AvgIpc) is 3.71. The third-order valence-corrected chi connectivity index (χ3v) is 14.6. The molecule has 0 aromatic heterocycles. The Kier molecular flexibility index (Phi) is 7.44. The van der Waals surface area contributed by atoms with Crippen LogP contribution >= 0.6 is 0 Å². The predicted molar refractivity (Wildman–Crippen MR) is 245 cm³/mol. The molecule has 58 heavy (non-hydrogen) atoms. The molecule has 0 heterocycles. The maximum atomic E-state index is 2.58. The number of rotatable bonds is 5. The lowest BCUT2D eigenvalue weighted by atomic mass is 9.77. The zero-order valence-corrected chi connectivity index (χ0v) is 34.8. The first-order chi connectivity index (χ1) is 27.9. The van der Waals surface area contributed by atoms with E-state index in [0.29, 0.717) is 0 Å². The van der Waals surface area contributed by atoms with Crippen LogP contribution in [0.3, 0.4) is 0 Å². The summed E-state index contributed by atoms with van der Waals surface area (Å²) in [6.07, 6.45) is 0.954. The highest BCUT2D eigenvalue weighted by atomic mass is 14.5. The molecule has 0 aliphatic heterocycles. The van der Waals surface area contributed by atoms with Crippen LogP contribution in [-0.2, 0) is 22.7 Å².